The summed E-state index contributed by atoms with van der Waals surface area (Å²) in [6.45, 7) is 1.85. The van der Waals surface area contributed by atoms with Crippen molar-refractivity contribution in [2.45, 2.75) is 31.8 Å². The molecular weight excluding hydrogens is 186 g/mol. The number of hydrogen-bond donors (Lipinski definition) is 4. The summed E-state index contributed by atoms with van der Waals surface area (Å²) in [6, 6.07) is -1.59. The largest absolute Gasteiger partial charge is 0.480 e. The molecular formula is C8H17N3O3. The highest BCUT2D eigenvalue weighted by Gasteiger charge is 2.18. The van der Waals surface area contributed by atoms with Gasteiger partial charge in [-0.05, 0) is 26.3 Å². The molecule has 0 aliphatic carbocycles. The standard InChI is InChI=1S/C8H17N3O3/c1-5(8(13)14)11-7(12)6(10)3-2-4-9/h5-6H,2-4,9-10H2,1H3,(H,11,12)(H,13,14)/t5-,6+/m1/s1. The molecule has 0 radical (unpaired) electrons. The van der Waals surface area contributed by atoms with Gasteiger partial charge >= 0.3 is 5.97 Å². The molecule has 0 heterocycles. The molecule has 0 aromatic rings. The first-order valence-corrected chi connectivity index (χ1v) is 4.48. The number of nitrogens with one attached hydrogen (secondary N) is 1. The number of amides is 1. The molecule has 0 bridgehead atoms. The van der Waals surface area contributed by atoms with Gasteiger partial charge < -0.3 is 21.9 Å². The van der Waals surface area contributed by atoms with Crippen LogP contribution in [0.1, 0.15) is 19.8 Å². The van der Waals surface area contributed by atoms with Gasteiger partial charge in [0.05, 0.1) is 6.04 Å². The van der Waals surface area contributed by atoms with Crippen molar-refractivity contribution in [3.05, 3.63) is 0 Å². The number of carbonyl (C=O) groups excluding carboxylic acids is 1. The topological polar surface area (TPSA) is 118 Å². The third kappa shape index (κ3) is 4.78. The minimum absolute atomic E-state index is 0.451. The average molecular weight is 203 g/mol. The van der Waals surface area contributed by atoms with Crippen molar-refractivity contribution in [3.8, 4) is 0 Å². The van der Waals surface area contributed by atoms with E-state index >= 15 is 0 Å². The maximum atomic E-state index is 11.2. The van der Waals surface area contributed by atoms with Gasteiger partial charge in [-0.3, -0.25) is 9.59 Å². The van der Waals surface area contributed by atoms with E-state index in [4.69, 9.17) is 16.6 Å². The Morgan fingerprint density at radius 3 is 2.50 bits per heavy atom. The van der Waals surface area contributed by atoms with Crippen molar-refractivity contribution in [2.24, 2.45) is 11.5 Å². The second kappa shape index (κ2) is 6.33. The Balaban J connectivity index is 3.88. The molecule has 6 heteroatoms. The molecule has 0 unspecified atom stereocenters. The minimum atomic E-state index is -1.08. The molecule has 0 aromatic heterocycles. The number of aliphatic carboxylic acids is 1. The van der Waals surface area contributed by atoms with E-state index in [2.05, 4.69) is 5.32 Å². The van der Waals surface area contributed by atoms with Crippen LogP contribution in [0.4, 0.5) is 0 Å². The molecule has 0 aliphatic heterocycles. The molecule has 0 saturated carbocycles. The number of carboxylic acid groups (broad SMARTS) is 1. The molecule has 0 aromatic carbocycles. The van der Waals surface area contributed by atoms with E-state index in [1.54, 1.807) is 0 Å². The van der Waals surface area contributed by atoms with Crippen LogP contribution in [-0.4, -0.2) is 35.6 Å². The monoisotopic (exact) mass is 203 g/mol. The molecule has 1 amide bonds. The molecule has 14 heavy (non-hydrogen) atoms. The van der Waals surface area contributed by atoms with Gasteiger partial charge in [0.15, 0.2) is 0 Å². The van der Waals surface area contributed by atoms with Crippen LogP contribution in [0.15, 0.2) is 0 Å². The lowest BCUT2D eigenvalue weighted by Crippen LogP contribution is -2.47. The molecule has 0 spiro atoms. The van der Waals surface area contributed by atoms with Gasteiger partial charge in [0.25, 0.3) is 0 Å². The van der Waals surface area contributed by atoms with Gasteiger partial charge in [-0.15, -0.1) is 0 Å². The van der Waals surface area contributed by atoms with Gasteiger partial charge in [-0.1, -0.05) is 0 Å². The Bertz CT molecular complexity index is 208. The first-order chi connectivity index (χ1) is 6.49. The van der Waals surface area contributed by atoms with Crippen molar-refractivity contribution in [1.82, 2.24) is 5.32 Å². The predicted molar refractivity (Wildman–Crippen MR) is 51.5 cm³/mol. The SMILES string of the molecule is C[C@@H](NC(=O)[C@@H](N)CCCN)C(=O)O. The first kappa shape index (κ1) is 12.9. The number of hydrogen-bond acceptors (Lipinski definition) is 4. The first-order valence-electron chi connectivity index (χ1n) is 4.48. The van der Waals surface area contributed by atoms with E-state index in [1.807, 2.05) is 0 Å². The van der Waals surface area contributed by atoms with Crippen LogP contribution in [0, 0.1) is 0 Å². The third-order valence-corrected chi connectivity index (χ3v) is 1.79. The minimum Gasteiger partial charge on any atom is -0.480 e. The van der Waals surface area contributed by atoms with Crippen LogP contribution < -0.4 is 16.8 Å². The Morgan fingerprint density at radius 1 is 1.50 bits per heavy atom. The highest BCUT2D eigenvalue weighted by atomic mass is 16.4. The predicted octanol–water partition coefficient (Wildman–Crippen LogP) is -1.36. The van der Waals surface area contributed by atoms with Crippen LogP contribution in [0.5, 0.6) is 0 Å². The molecule has 0 fully saturated rings. The molecule has 82 valence electrons. The van der Waals surface area contributed by atoms with E-state index in [9.17, 15) is 9.59 Å². The summed E-state index contributed by atoms with van der Waals surface area (Å²) in [5.41, 5.74) is 10.7. The Morgan fingerprint density at radius 2 is 2.07 bits per heavy atom. The van der Waals surface area contributed by atoms with Crippen LogP contribution in [0.3, 0.4) is 0 Å². The molecule has 6 nitrogen and oxygen atoms in total. The van der Waals surface area contributed by atoms with Crippen molar-refractivity contribution in [1.29, 1.82) is 0 Å². The van der Waals surface area contributed by atoms with Gasteiger partial charge in [-0.25, -0.2) is 0 Å². The lowest BCUT2D eigenvalue weighted by molar-refractivity contribution is -0.141. The highest BCUT2D eigenvalue weighted by molar-refractivity contribution is 5.86. The summed E-state index contributed by atoms with van der Waals surface area (Å²) in [7, 11) is 0. The zero-order chi connectivity index (χ0) is 11.1. The van der Waals surface area contributed by atoms with E-state index in [-0.39, 0.29) is 0 Å². The van der Waals surface area contributed by atoms with Crippen molar-refractivity contribution < 1.29 is 14.7 Å². The van der Waals surface area contributed by atoms with Crippen LogP contribution in [0.2, 0.25) is 0 Å². The van der Waals surface area contributed by atoms with Crippen LogP contribution in [-0.2, 0) is 9.59 Å². The highest BCUT2D eigenvalue weighted by Crippen LogP contribution is 1.93. The summed E-state index contributed by atoms with van der Waals surface area (Å²) in [6.07, 6.45) is 1.12. The third-order valence-electron chi connectivity index (χ3n) is 1.79. The fourth-order valence-electron chi connectivity index (χ4n) is 0.851. The lowest BCUT2D eigenvalue weighted by Gasteiger charge is -2.14. The number of nitrogens with two attached hydrogens (primary N) is 2. The van der Waals surface area contributed by atoms with E-state index in [0.29, 0.717) is 19.4 Å². The van der Waals surface area contributed by atoms with E-state index < -0.39 is 24.0 Å². The molecule has 0 saturated heterocycles. The Hall–Kier alpha value is -1.14. The fourth-order valence-corrected chi connectivity index (χ4v) is 0.851. The number of carbonyl (C=O) groups is 2. The van der Waals surface area contributed by atoms with Crippen LogP contribution in [0.25, 0.3) is 0 Å². The number of rotatable bonds is 6. The Labute approximate surface area is 82.6 Å². The summed E-state index contributed by atoms with van der Waals surface area (Å²) in [5.74, 6) is -1.53. The average Bonchev–Trinajstić information content (AvgIpc) is 2.13. The fraction of sp³-hybridized carbons (Fsp3) is 0.750. The molecule has 6 N–H and O–H groups in total. The molecule has 0 aliphatic rings. The maximum Gasteiger partial charge on any atom is 0.325 e. The van der Waals surface area contributed by atoms with Gasteiger partial charge in [-0.2, -0.15) is 0 Å². The van der Waals surface area contributed by atoms with E-state index in [0.717, 1.165) is 0 Å². The maximum absolute atomic E-state index is 11.2. The second-order valence-corrected chi connectivity index (χ2v) is 3.11. The van der Waals surface area contributed by atoms with Gasteiger partial charge in [0, 0.05) is 0 Å². The van der Waals surface area contributed by atoms with Crippen molar-refractivity contribution >= 4 is 11.9 Å². The second-order valence-electron chi connectivity index (χ2n) is 3.11. The summed E-state index contributed by atoms with van der Waals surface area (Å²) in [4.78, 5) is 21.6. The smallest absolute Gasteiger partial charge is 0.325 e. The van der Waals surface area contributed by atoms with Crippen LogP contribution >= 0.6 is 0 Å². The van der Waals surface area contributed by atoms with Crippen molar-refractivity contribution in [3.63, 3.8) is 0 Å². The zero-order valence-corrected chi connectivity index (χ0v) is 8.19. The zero-order valence-electron chi connectivity index (χ0n) is 8.19. The summed E-state index contributed by atoms with van der Waals surface area (Å²) in [5, 5.41) is 10.8. The quantitative estimate of drug-likeness (QED) is 0.425. The van der Waals surface area contributed by atoms with Gasteiger partial charge in [0.1, 0.15) is 6.04 Å². The molecule has 0 rings (SSSR count). The van der Waals surface area contributed by atoms with Gasteiger partial charge in [0.2, 0.25) is 5.91 Å². The molecule has 2 atom stereocenters. The van der Waals surface area contributed by atoms with Crippen molar-refractivity contribution in [2.75, 3.05) is 6.54 Å². The normalized spacial score (nSPS) is 14.5. The number of carboxylic acids is 1. The summed E-state index contributed by atoms with van der Waals surface area (Å²) >= 11 is 0. The summed E-state index contributed by atoms with van der Waals surface area (Å²) < 4.78 is 0. The Kier molecular flexibility index (Phi) is 5.82. The van der Waals surface area contributed by atoms with E-state index in [1.165, 1.54) is 6.92 Å². The lowest BCUT2D eigenvalue weighted by atomic mass is 10.1.